The molecule has 0 saturated carbocycles. The summed E-state index contributed by atoms with van der Waals surface area (Å²) in [5, 5.41) is 1.94. The van der Waals surface area contributed by atoms with Crippen molar-refractivity contribution in [2.45, 2.75) is 0 Å². The van der Waals surface area contributed by atoms with Crippen LogP contribution in [-0.4, -0.2) is 11.9 Å². The third kappa shape index (κ3) is 2.48. The molecule has 0 fully saturated rings. The molecule has 0 aliphatic rings. The van der Waals surface area contributed by atoms with Crippen molar-refractivity contribution >= 4 is 17.6 Å². The summed E-state index contributed by atoms with van der Waals surface area (Å²) >= 11 is 0. The third-order valence-corrected chi connectivity index (χ3v) is 1.41. The van der Waals surface area contributed by atoms with Crippen LogP contribution in [0.2, 0.25) is 0 Å². The van der Waals surface area contributed by atoms with Crippen LogP contribution in [0, 0.1) is 0 Å². The highest BCUT2D eigenvalue weighted by molar-refractivity contribution is 6.03. The maximum Gasteiger partial charge on any atom is 0.319 e. The summed E-state index contributed by atoms with van der Waals surface area (Å²) in [4.78, 5) is 21.4. The summed E-state index contributed by atoms with van der Waals surface area (Å²) < 4.78 is 0. The highest BCUT2D eigenvalue weighted by atomic mass is 16.2. The maximum atomic E-state index is 11.1. The molecule has 0 aliphatic carbocycles. The zero-order valence-corrected chi connectivity index (χ0v) is 6.78. The highest BCUT2D eigenvalue weighted by Gasteiger charge is 2.06. The van der Waals surface area contributed by atoms with E-state index >= 15 is 0 Å². The van der Waals surface area contributed by atoms with Crippen LogP contribution in [-0.2, 0) is 0 Å². The van der Waals surface area contributed by atoms with Crippen LogP contribution in [0.25, 0.3) is 0 Å². The van der Waals surface area contributed by atoms with E-state index in [0.29, 0.717) is 11.3 Å². The minimum Gasteiger partial charge on any atom is -0.399 e. The molecule has 0 bridgehead atoms. The van der Waals surface area contributed by atoms with Crippen molar-refractivity contribution in [3.05, 3.63) is 29.8 Å². The average Bonchev–Trinajstić information content (AvgIpc) is 2.04. The van der Waals surface area contributed by atoms with Crippen LogP contribution in [0.15, 0.2) is 24.3 Å². The van der Waals surface area contributed by atoms with Gasteiger partial charge in [0, 0.05) is 11.3 Å². The number of nitrogen functional groups attached to an aromatic ring is 1. The zero-order valence-electron chi connectivity index (χ0n) is 6.78. The Balaban J connectivity index is 2.78. The molecule has 0 radical (unpaired) electrons. The Hall–Kier alpha value is -2.04. The van der Waals surface area contributed by atoms with Gasteiger partial charge in [-0.2, -0.15) is 0 Å². The maximum absolute atomic E-state index is 11.1. The molecule has 0 saturated heterocycles. The van der Waals surface area contributed by atoms with Crippen molar-refractivity contribution in [3.63, 3.8) is 0 Å². The number of carbonyl (C=O) groups is 2. The number of primary amides is 1. The minimum absolute atomic E-state index is 0.341. The Labute approximate surface area is 74.7 Å². The zero-order chi connectivity index (χ0) is 9.84. The van der Waals surface area contributed by atoms with Gasteiger partial charge in [0.05, 0.1) is 0 Å². The molecule has 0 spiro atoms. The van der Waals surface area contributed by atoms with E-state index in [1.165, 1.54) is 12.1 Å². The fraction of sp³-hybridized carbons (Fsp3) is 0. The molecular formula is C8H9N3O2. The van der Waals surface area contributed by atoms with E-state index < -0.39 is 11.9 Å². The molecule has 5 nitrogen and oxygen atoms in total. The molecule has 5 N–H and O–H groups in total. The highest BCUT2D eigenvalue weighted by Crippen LogP contribution is 2.04. The van der Waals surface area contributed by atoms with Gasteiger partial charge in [-0.1, -0.05) is 0 Å². The summed E-state index contributed by atoms with van der Waals surface area (Å²) in [6, 6.07) is 5.27. The van der Waals surface area contributed by atoms with Gasteiger partial charge in [-0.3, -0.25) is 10.1 Å². The normalized spacial score (nSPS) is 9.23. The summed E-state index contributed by atoms with van der Waals surface area (Å²) in [5.41, 5.74) is 11.1. The number of hydrogen-bond donors (Lipinski definition) is 3. The molecule has 13 heavy (non-hydrogen) atoms. The first-order valence-electron chi connectivity index (χ1n) is 3.56. The number of anilines is 1. The lowest BCUT2D eigenvalue weighted by atomic mass is 10.2. The van der Waals surface area contributed by atoms with Gasteiger partial charge in [0.25, 0.3) is 5.91 Å². The predicted octanol–water partition coefficient (Wildman–Crippen LogP) is 0.0773. The van der Waals surface area contributed by atoms with E-state index in [1.807, 2.05) is 5.32 Å². The van der Waals surface area contributed by atoms with Crippen molar-refractivity contribution in [2.75, 3.05) is 5.73 Å². The summed E-state index contributed by atoms with van der Waals surface area (Å²) in [6.45, 7) is 0. The first-order chi connectivity index (χ1) is 6.09. The van der Waals surface area contributed by atoms with Crippen LogP contribution >= 0.6 is 0 Å². The van der Waals surface area contributed by atoms with Gasteiger partial charge in [0.2, 0.25) is 0 Å². The Bertz CT molecular complexity index is 332. The summed E-state index contributed by atoms with van der Waals surface area (Å²) in [5.74, 6) is -0.535. The summed E-state index contributed by atoms with van der Waals surface area (Å²) in [7, 11) is 0. The van der Waals surface area contributed by atoms with Crippen LogP contribution in [0.4, 0.5) is 10.5 Å². The van der Waals surface area contributed by atoms with E-state index in [1.54, 1.807) is 12.1 Å². The number of nitrogens with two attached hydrogens (primary N) is 2. The molecule has 0 aliphatic heterocycles. The van der Waals surface area contributed by atoms with E-state index in [2.05, 4.69) is 0 Å². The molecule has 0 aromatic heterocycles. The largest absolute Gasteiger partial charge is 0.399 e. The van der Waals surface area contributed by atoms with Gasteiger partial charge in [-0.05, 0) is 24.3 Å². The Morgan fingerprint density at radius 3 is 2.15 bits per heavy atom. The van der Waals surface area contributed by atoms with Crippen molar-refractivity contribution < 1.29 is 9.59 Å². The van der Waals surface area contributed by atoms with E-state index in [9.17, 15) is 9.59 Å². The molecule has 1 aromatic carbocycles. The lowest BCUT2D eigenvalue weighted by Crippen LogP contribution is -2.34. The van der Waals surface area contributed by atoms with Crippen LogP contribution in [0.3, 0.4) is 0 Å². The Kier molecular flexibility index (Phi) is 2.49. The number of imide groups is 1. The molecule has 0 heterocycles. The van der Waals surface area contributed by atoms with Crippen molar-refractivity contribution in [1.29, 1.82) is 0 Å². The van der Waals surface area contributed by atoms with E-state index in [0.717, 1.165) is 0 Å². The fourth-order valence-corrected chi connectivity index (χ4v) is 0.819. The number of rotatable bonds is 1. The number of hydrogen-bond acceptors (Lipinski definition) is 3. The van der Waals surface area contributed by atoms with Gasteiger partial charge in [0.1, 0.15) is 0 Å². The second kappa shape index (κ2) is 3.57. The van der Waals surface area contributed by atoms with Gasteiger partial charge in [-0.15, -0.1) is 0 Å². The third-order valence-electron chi connectivity index (χ3n) is 1.41. The van der Waals surface area contributed by atoms with E-state index in [-0.39, 0.29) is 0 Å². The lowest BCUT2D eigenvalue weighted by Gasteiger charge is -2.00. The molecule has 1 rings (SSSR count). The van der Waals surface area contributed by atoms with Gasteiger partial charge in [0.15, 0.2) is 0 Å². The molecule has 68 valence electrons. The van der Waals surface area contributed by atoms with Crippen LogP contribution in [0.5, 0.6) is 0 Å². The molecule has 3 amide bonds. The van der Waals surface area contributed by atoms with E-state index in [4.69, 9.17) is 11.5 Å². The standard InChI is InChI=1S/C8H9N3O2/c9-6-3-1-5(2-4-6)7(12)11-8(10)13/h1-4H,9H2,(H3,10,11,12,13). The number of carbonyl (C=O) groups excluding carboxylic acids is 2. The Morgan fingerprint density at radius 2 is 1.69 bits per heavy atom. The number of nitrogens with one attached hydrogen (secondary N) is 1. The first-order valence-corrected chi connectivity index (χ1v) is 3.56. The number of urea groups is 1. The molecular weight excluding hydrogens is 170 g/mol. The SMILES string of the molecule is NC(=O)NC(=O)c1ccc(N)cc1. The smallest absolute Gasteiger partial charge is 0.319 e. The van der Waals surface area contributed by atoms with Gasteiger partial charge < -0.3 is 11.5 Å². The number of benzene rings is 1. The first kappa shape index (κ1) is 9.05. The lowest BCUT2D eigenvalue weighted by molar-refractivity contribution is 0.0966. The Morgan fingerprint density at radius 1 is 1.15 bits per heavy atom. The average molecular weight is 179 g/mol. The monoisotopic (exact) mass is 179 g/mol. The van der Waals surface area contributed by atoms with Gasteiger partial charge >= 0.3 is 6.03 Å². The molecule has 0 unspecified atom stereocenters. The molecule has 0 atom stereocenters. The number of amides is 3. The quantitative estimate of drug-likeness (QED) is 0.532. The molecule has 5 heteroatoms. The topological polar surface area (TPSA) is 98.2 Å². The molecule has 1 aromatic rings. The fourth-order valence-electron chi connectivity index (χ4n) is 0.819. The van der Waals surface area contributed by atoms with Crippen molar-refractivity contribution in [1.82, 2.24) is 5.32 Å². The van der Waals surface area contributed by atoms with Crippen molar-refractivity contribution in [3.8, 4) is 0 Å². The minimum atomic E-state index is -0.873. The predicted molar refractivity (Wildman–Crippen MR) is 47.9 cm³/mol. The second-order valence-electron chi connectivity index (χ2n) is 2.44. The van der Waals surface area contributed by atoms with Crippen molar-refractivity contribution in [2.24, 2.45) is 5.73 Å². The van der Waals surface area contributed by atoms with Crippen LogP contribution < -0.4 is 16.8 Å². The van der Waals surface area contributed by atoms with Gasteiger partial charge in [-0.25, -0.2) is 4.79 Å². The summed E-state index contributed by atoms with van der Waals surface area (Å²) in [6.07, 6.45) is 0. The van der Waals surface area contributed by atoms with Crippen LogP contribution in [0.1, 0.15) is 10.4 Å². The second-order valence-corrected chi connectivity index (χ2v) is 2.44.